The van der Waals surface area contributed by atoms with Crippen molar-refractivity contribution in [3.05, 3.63) is 18.2 Å². The number of nitrogen functional groups attached to an aromatic ring is 1. The van der Waals surface area contributed by atoms with E-state index in [2.05, 4.69) is 0 Å². The first kappa shape index (κ1) is 13.8. The Morgan fingerprint density at radius 2 is 2.06 bits per heavy atom. The van der Waals surface area contributed by atoms with E-state index in [1.807, 2.05) is 6.92 Å². The lowest BCUT2D eigenvalue weighted by Gasteiger charge is -2.09. The molecule has 1 aromatic carbocycles. The van der Waals surface area contributed by atoms with Gasteiger partial charge in [0, 0.05) is 13.2 Å². The fourth-order valence-electron chi connectivity index (χ4n) is 1.34. The SMILES string of the molecule is CCOc1ccc(N)c(S(=O)(=O)CCOC)c1. The zero-order valence-electron chi connectivity index (χ0n) is 9.97. The van der Waals surface area contributed by atoms with Gasteiger partial charge in [0.2, 0.25) is 0 Å². The van der Waals surface area contributed by atoms with Crippen LogP contribution in [-0.4, -0.2) is 34.5 Å². The maximum atomic E-state index is 12.0. The van der Waals surface area contributed by atoms with Crippen molar-refractivity contribution in [2.75, 3.05) is 31.8 Å². The van der Waals surface area contributed by atoms with Crippen molar-refractivity contribution in [1.82, 2.24) is 0 Å². The van der Waals surface area contributed by atoms with Crippen LogP contribution in [0.2, 0.25) is 0 Å². The number of anilines is 1. The molecule has 0 fully saturated rings. The van der Waals surface area contributed by atoms with Crippen molar-refractivity contribution in [2.45, 2.75) is 11.8 Å². The van der Waals surface area contributed by atoms with E-state index in [9.17, 15) is 8.42 Å². The Morgan fingerprint density at radius 3 is 2.65 bits per heavy atom. The van der Waals surface area contributed by atoms with Crippen LogP contribution in [0.1, 0.15) is 6.92 Å². The maximum absolute atomic E-state index is 12.0. The van der Waals surface area contributed by atoms with Gasteiger partial charge in [0.05, 0.1) is 29.5 Å². The number of methoxy groups -OCH3 is 1. The molecule has 0 heterocycles. The summed E-state index contributed by atoms with van der Waals surface area (Å²) in [7, 11) is -1.97. The fourth-order valence-corrected chi connectivity index (χ4v) is 2.67. The minimum absolute atomic E-state index is 0.0940. The fraction of sp³-hybridized carbons (Fsp3) is 0.455. The summed E-state index contributed by atoms with van der Waals surface area (Å²) in [4.78, 5) is 0.0977. The molecule has 0 aliphatic carbocycles. The van der Waals surface area contributed by atoms with Crippen LogP contribution in [0.3, 0.4) is 0 Å². The van der Waals surface area contributed by atoms with Crippen LogP contribution in [0.25, 0.3) is 0 Å². The summed E-state index contributed by atoms with van der Waals surface area (Å²) >= 11 is 0. The third kappa shape index (κ3) is 3.61. The van der Waals surface area contributed by atoms with Gasteiger partial charge < -0.3 is 15.2 Å². The summed E-state index contributed by atoms with van der Waals surface area (Å²) in [6.07, 6.45) is 0. The zero-order valence-corrected chi connectivity index (χ0v) is 10.8. The molecule has 1 rings (SSSR count). The van der Waals surface area contributed by atoms with Gasteiger partial charge in [-0.1, -0.05) is 0 Å². The molecule has 0 amide bonds. The lowest BCUT2D eigenvalue weighted by atomic mass is 10.3. The Labute approximate surface area is 101 Å². The van der Waals surface area contributed by atoms with Crippen molar-refractivity contribution in [3.8, 4) is 5.75 Å². The van der Waals surface area contributed by atoms with Gasteiger partial charge >= 0.3 is 0 Å². The van der Waals surface area contributed by atoms with E-state index in [1.165, 1.54) is 19.2 Å². The first-order chi connectivity index (χ1) is 8.01. The third-order valence-electron chi connectivity index (χ3n) is 2.19. The number of hydrogen-bond acceptors (Lipinski definition) is 5. The van der Waals surface area contributed by atoms with Gasteiger partial charge in [-0.3, -0.25) is 0 Å². The molecule has 0 spiro atoms. The van der Waals surface area contributed by atoms with Crippen LogP contribution in [0.4, 0.5) is 5.69 Å². The normalized spacial score (nSPS) is 11.4. The summed E-state index contributed by atoms with van der Waals surface area (Å²) in [5, 5.41) is 0. The second-order valence-electron chi connectivity index (χ2n) is 3.44. The first-order valence-electron chi connectivity index (χ1n) is 5.25. The minimum Gasteiger partial charge on any atom is -0.494 e. The zero-order chi connectivity index (χ0) is 12.9. The summed E-state index contributed by atoms with van der Waals surface area (Å²) in [6.45, 7) is 2.44. The van der Waals surface area contributed by atoms with Crippen LogP contribution in [0, 0.1) is 0 Å². The van der Waals surface area contributed by atoms with Gasteiger partial charge in [-0.15, -0.1) is 0 Å². The Kier molecular flexibility index (Phi) is 4.77. The Morgan fingerprint density at radius 1 is 1.35 bits per heavy atom. The van der Waals surface area contributed by atoms with E-state index >= 15 is 0 Å². The molecule has 1 aromatic rings. The second kappa shape index (κ2) is 5.88. The molecule has 0 radical (unpaired) electrons. The molecular formula is C11H17NO4S. The van der Waals surface area contributed by atoms with Gasteiger partial charge in [0.1, 0.15) is 5.75 Å². The van der Waals surface area contributed by atoms with E-state index in [4.69, 9.17) is 15.2 Å². The molecule has 2 N–H and O–H groups in total. The highest BCUT2D eigenvalue weighted by atomic mass is 32.2. The molecule has 0 saturated carbocycles. The number of benzene rings is 1. The highest BCUT2D eigenvalue weighted by Crippen LogP contribution is 2.25. The Hall–Kier alpha value is -1.27. The van der Waals surface area contributed by atoms with Gasteiger partial charge in [0.15, 0.2) is 9.84 Å². The van der Waals surface area contributed by atoms with E-state index in [-0.39, 0.29) is 22.9 Å². The summed E-state index contributed by atoms with van der Waals surface area (Å²) in [5.41, 5.74) is 5.89. The predicted octanol–water partition coefficient (Wildman–Crippen LogP) is 1.09. The predicted molar refractivity (Wildman–Crippen MR) is 66.0 cm³/mol. The van der Waals surface area contributed by atoms with Gasteiger partial charge in [-0.05, 0) is 19.1 Å². The molecule has 0 atom stereocenters. The molecule has 5 nitrogen and oxygen atoms in total. The average molecular weight is 259 g/mol. The molecular weight excluding hydrogens is 242 g/mol. The molecule has 17 heavy (non-hydrogen) atoms. The van der Waals surface area contributed by atoms with Crippen molar-refractivity contribution < 1.29 is 17.9 Å². The summed E-state index contributed by atoms with van der Waals surface area (Å²) < 4.78 is 33.9. The molecule has 0 bridgehead atoms. The van der Waals surface area contributed by atoms with Crippen molar-refractivity contribution >= 4 is 15.5 Å². The summed E-state index contributed by atoms with van der Waals surface area (Å²) in [6, 6.07) is 4.63. The average Bonchev–Trinajstić information content (AvgIpc) is 2.29. The van der Waals surface area contributed by atoms with Gasteiger partial charge in [0.25, 0.3) is 0 Å². The van der Waals surface area contributed by atoms with E-state index in [0.717, 1.165) is 0 Å². The number of hydrogen-bond donors (Lipinski definition) is 1. The lowest BCUT2D eigenvalue weighted by Crippen LogP contribution is -2.13. The molecule has 0 aliphatic heterocycles. The molecule has 6 heteroatoms. The standard InChI is InChI=1S/C11H17NO4S/c1-3-16-9-4-5-10(12)11(8-9)17(13,14)7-6-15-2/h4-5,8H,3,6-7,12H2,1-2H3. The van der Waals surface area contributed by atoms with Crippen molar-refractivity contribution in [3.63, 3.8) is 0 Å². The Balaban J connectivity index is 3.07. The van der Waals surface area contributed by atoms with Crippen LogP contribution in [0.15, 0.2) is 23.1 Å². The maximum Gasteiger partial charge on any atom is 0.182 e. The smallest absolute Gasteiger partial charge is 0.182 e. The van der Waals surface area contributed by atoms with Gasteiger partial charge in [-0.25, -0.2) is 8.42 Å². The molecule has 0 saturated heterocycles. The minimum atomic E-state index is -3.42. The number of ether oxygens (including phenoxy) is 2. The van der Waals surface area contributed by atoms with Crippen LogP contribution >= 0.6 is 0 Å². The number of sulfone groups is 1. The van der Waals surface area contributed by atoms with Crippen LogP contribution in [-0.2, 0) is 14.6 Å². The van der Waals surface area contributed by atoms with Gasteiger partial charge in [-0.2, -0.15) is 0 Å². The van der Waals surface area contributed by atoms with E-state index in [0.29, 0.717) is 12.4 Å². The van der Waals surface area contributed by atoms with Crippen molar-refractivity contribution in [1.29, 1.82) is 0 Å². The molecule has 0 aliphatic rings. The Bertz CT molecular complexity index is 470. The van der Waals surface area contributed by atoms with E-state index < -0.39 is 9.84 Å². The highest BCUT2D eigenvalue weighted by Gasteiger charge is 2.18. The third-order valence-corrected chi connectivity index (χ3v) is 3.92. The quantitative estimate of drug-likeness (QED) is 0.774. The lowest BCUT2D eigenvalue weighted by molar-refractivity contribution is 0.217. The molecule has 0 aromatic heterocycles. The topological polar surface area (TPSA) is 78.6 Å². The van der Waals surface area contributed by atoms with Crippen LogP contribution < -0.4 is 10.5 Å². The monoisotopic (exact) mass is 259 g/mol. The first-order valence-corrected chi connectivity index (χ1v) is 6.90. The summed E-state index contributed by atoms with van der Waals surface area (Å²) in [5.74, 6) is 0.404. The van der Waals surface area contributed by atoms with E-state index in [1.54, 1.807) is 6.07 Å². The molecule has 96 valence electrons. The van der Waals surface area contributed by atoms with Crippen molar-refractivity contribution in [2.24, 2.45) is 0 Å². The molecule has 0 unspecified atom stereocenters. The second-order valence-corrected chi connectivity index (χ2v) is 5.52. The number of nitrogens with two attached hydrogens (primary N) is 1. The van der Waals surface area contributed by atoms with Crippen LogP contribution in [0.5, 0.6) is 5.75 Å². The highest BCUT2D eigenvalue weighted by molar-refractivity contribution is 7.91. The largest absolute Gasteiger partial charge is 0.494 e. The number of rotatable bonds is 6.